The van der Waals surface area contributed by atoms with Crippen molar-refractivity contribution < 1.29 is 27.5 Å². The number of amides is 1. The number of hydrogen-bond acceptors (Lipinski definition) is 6. The van der Waals surface area contributed by atoms with E-state index in [1.54, 1.807) is 0 Å². The molecule has 1 aromatic carbocycles. The van der Waals surface area contributed by atoms with E-state index in [2.05, 4.69) is 10.0 Å². The minimum atomic E-state index is -3.81. The summed E-state index contributed by atoms with van der Waals surface area (Å²) in [5.74, 6) is -1.13. The predicted octanol–water partition coefficient (Wildman–Crippen LogP) is 0.675. The van der Waals surface area contributed by atoms with Crippen LogP contribution < -0.4 is 14.8 Å². The molecule has 0 bridgehead atoms. The van der Waals surface area contributed by atoms with E-state index in [0.717, 1.165) is 12.5 Å². The molecule has 0 unspecified atom stereocenters. The summed E-state index contributed by atoms with van der Waals surface area (Å²) in [5, 5.41) is 2.66. The summed E-state index contributed by atoms with van der Waals surface area (Å²) in [4.78, 5) is 23.4. The van der Waals surface area contributed by atoms with Crippen molar-refractivity contribution in [1.29, 1.82) is 0 Å². The number of methoxy groups -OCH3 is 1. The largest absolute Gasteiger partial charge is 0.495 e. The molecule has 0 fully saturated rings. The lowest BCUT2D eigenvalue weighted by atomic mass is 10.2. The second-order valence-corrected chi connectivity index (χ2v) is 6.88. The molecule has 1 atom stereocenters. The number of nitrogens with one attached hydrogen (secondary N) is 2. The number of ether oxygens (including phenoxy) is 2. The molecule has 1 amide bonds. The first-order valence-electron chi connectivity index (χ1n) is 7.33. The lowest BCUT2D eigenvalue weighted by Gasteiger charge is -2.12. The monoisotopic (exact) mass is 358 g/mol. The van der Waals surface area contributed by atoms with Gasteiger partial charge in [0.05, 0.1) is 12.7 Å². The van der Waals surface area contributed by atoms with Crippen LogP contribution in [-0.2, 0) is 19.6 Å². The van der Waals surface area contributed by atoms with E-state index >= 15 is 0 Å². The summed E-state index contributed by atoms with van der Waals surface area (Å²) in [7, 11) is -1.24. The zero-order valence-corrected chi connectivity index (χ0v) is 14.9. The molecule has 0 aromatic heterocycles. The van der Waals surface area contributed by atoms with Gasteiger partial charge in [-0.05, 0) is 38.6 Å². The third kappa shape index (κ3) is 5.20. The minimum absolute atomic E-state index is 0.000894. The smallest absolute Gasteiger partial charge is 0.338 e. The Morgan fingerprint density at radius 1 is 1.29 bits per heavy atom. The van der Waals surface area contributed by atoms with Gasteiger partial charge in [-0.25, -0.2) is 17.9 Å². The highest BCUT2D eigenvalue weighted by Crippen LogP contribution is 2.24. The van der Waals surface area contributed by atoms with Crippen LogP contribution in [0.4, 0.5) is 0 Å². The highest BCUT2D eigenvalue weighted by atomic mass is 32.2. The van der Waals surface area contributed by atoms with Crippen molar-refractivity contribution in [2.75, 3.05) is 20.8 Å². The normalized spacial score (nSPS) is 12.3. The number of hydrogen-bond donors (Lipinski definition) is 2. The fourth-order valence-corrected chi connectivity index (χ4v) is 2.67. The number of carbonyl (C=O) groups excluding carboxylic acids is 2. The Morgan fingerprint density at radius 3 is 2.50 bits per heavy atom. The van der Waals surface area contributed by atoms with E-state index in [4.69, 9.17) is 9.47 Å². The second-order valence-electron chi connectivity index (χ2n) is 5.03. The Hall–Kier alpha value is -2.13. The van der Waals surface area contributed by atoms with Crippen molar-refractivity contribution in [3.63, 3.8) is 0 Å². The van der Waals surface area contributed by atoms with Crippen molar-refractivity contribution in [3.8, 4) is 5.75 Å². The maximum atomic E-state index is 12.0. The number of esters is 1. The van der Waals surface area contributed by atoms with Crippen LogP contribution in [-0.4, -0.2) is 47.1 Å². The topological polar surface area (TPSA) is 111 Å². The molecule has 1 rings (SSSR count). The van der Waals surface area contributed by atoms with Gasteiger partial charge in [0.1, 0.15) is 10.6 Å². The first-order chi connectivity index (χ1) is 11.2. The number of carbonyl (C=O) groups is 2. The SMILES string of the molecule is CC[C@H](C)NC(=O)COC(=O)c1ccc(OC)c(S(=O)(=O)NC)c1. The molecule has 0 heterocycles. The molecule has 8 nitrogen and oxygen atoms in total. The fraction of sp³-hybridized carbons (Fsp3) is 0.467. The number of benzene rings is 1. The lowest BCUT2D eigenvalue weighted by molar-refractivity contribution is -0.124. The Bertz CT molecular complexity index is 702. The van der Waals surface area contributed by atoms with Crippen LogP contribution in [0, 0.1) is 0 Å². The van der Waals surface area contributed by atoms with Gasteiger partial charge in [-0.3, -0.25) is 4.79 Å². The highest BCUT2D eigenvalue weighted by Gasteiger charge is 2.21. The van der Waals surface area contributed by atoms with Crippen molar-refractivity contribution in [3.05, 3.63) is 23.8 Å². The Labute approximate surface area is 141 Å². The maximum absolute atomic E-state index is 12.0. The van der Waals surface area contributed by atoms with Gasteiger partial charge in [-0.2, -0.15) is 0 Å². The molecule has 2 N–H and O–H groups in total. The standard InChI is InChI=1S/C15H22N2O6S/c1-5-10(2)17-14(18)9-23-15(19)11-6-7-12(22-4)13(8-11)24(20,21)16-3/h6-8,10,16H,5,9H2,1-4H3,(H,17,18)/t10-/m0/s1. The molecule has 0 spiro atoms. The summed E-state index contributed by atoms with van der Waals surface area (Å²) in [6, 6.07) is 3.83. The van der Waals surface area contributed by atoms with Gasteiger partial charge in [0.25, 0.3) is 5.91 Å². The lowest BCUT2D eigenvalue weighted by Crippen LogP contribution is -2.35. The van der Waals surface area contributed by atoms with Gasteiger partial charge in [-0.15, -0.1) is 0 Å². The van der Waals surface area contributed by atoms with E-state index in [1.807, 2.05) is 13.8 Å². The molecule has 0 aliphatic carbocycles. The zero-order chi connectivity index (χ0) is 18.3. The summed E-state index contributed by atoms with van der Waals surface area (Å²) < 4.78 is 36.0. The Balaban J connectivity index is 2.89. The van der Waals surface area contributed by atoms with Crippen LogP contribution >= 0.6 is 0 Å². The van der Waals surface area contributed by atoms with Crippen LogP contribution in [0.15, 0.2) is 23.1 Å². The average molecular weight is 358 g/mol. The third-order valence-electron chi connectivity index (χ3n) is 3.31. The molecule has 0 aliphatic rings. The van der Waals surface area contributed by atoms with Crippen molar-refractivity contribution in [2.24, 2.45) is 0 Å². The highest BCUT2D eigenvalue weighted by molar-refractivity contribution is 7.89. The van der Waals surface area contributed by atoms with Gasteiger partial charge >= 0.3 is 5.97 Å². The first kappa shape index (κ1) is 19.9. The molecule has 134 valence electrons. The third-order valence-corrected chi connectivity index (χ3v) is 4.75. The molecule has 24 heavy (non-hydrogen) atoms. The van der Waals surface area contributed by atoms with E-state index < -0.39 is 28.5 Å². The van der Waals surface area contributed by atoms with Gasteiger partial charge in [-0.1, -0.05) is 6.92 Å². The molecule has 0 saturated carbocycles. The predicted molar refractivity (Wildman–Crippen MR) is 87.4 cm³/mol. The van der Waals surface area contributed by atoms with Crippen LogP contribution in [0.5, 0.6) is 5.75 Å². The molecule has 0 saturated heterocycles. The minimum Gasteiger partial charge on any atom is -0.495 e. The molecule has 0 radical (unpaired) electrons. The quantitative estimate of drug-likeness (QED) is 0.661. The van der Waals surface area contributed by atoms with Crippen molar-refractivity contribution in [2.45, 2.75) is 31.2 Å². The summed E-state index contributed by atoms with van der Waals surface area (Å²) in [6.07, 6.45) is 0.753. The second kappa shape index (κ2) is 8.65. The molecular weight excluding hydrogens is 336 g/mol. The Morgan fingerprint density at radius 2 is 1.96 bits per heavy atom. The van der Waals surface area contributed by atoms with Crippen molar-refractivity contribution >= 4 is 21.9 Å². The van der Waals surface area contributed by atoms with E-state index in [0.29, 0.717) is 0 Å². The van der Waals surface area contributed by atoms with Gasteiger partial charge in [0, 0.05) is 6.04 Å². The fourth-order valence-electron chi connectivity index (χ4n) is 1.76. The number of rotatable bonds is 8. The van der Waals surface area contributed by atoms with Gasteiger partial charge < -0.3 is 14.8 Å². The Kier molecular flexibility index (Phi) is 7.18. The van der Waals surface area contributed by atoms with Crippen LogP contribution in [0.1, 0.15) is 30.6 Å². The van der Waals surface area contributed by atoms with Crippen LogP contribution in [0.3, 0.4) is 0 Å². The van der Waals surface area contributed by atoms with Gasteiger partial charge in [0.2, 0.25) is 10.0 Å². The van der Waals surface area contributed by atoms with Crippen molar-refractivity contribution in [1.82, 2.24) is 10.0 Å². The van der Waals surface area contributed by atoms with Crippen LogP contribution in [0.25, 0.3) is 0 Å². The summed E-state index contributed by atoms with van der Waals surface area (Å²) >= 11 is 0. The average Bonchev–Trinajstić information content (AvgIpc) is 2.58. The molecule has 9 heteroatoms. The molecule has 0 aliphatic heterocycles. The summed E-state index contributed by atoms with van der Waals surface area (Å²) in [5.41, 5.74) is 0.000894. The van der Waals surface area contributed by atoms with Crippen LogP contribution in [0.2, 0.25) is 0 Å². The summed E-state index contributed by atoms with van der Waals surface area (Å²) in [6.45, 7) is 3.30. The zero-order valence-electron chi connectivity index (χ0n) is 14.1. The van der Waals surface area contributed by atoms with E-state index in [9.17, 15) is 18.0 Å². The maximum Gasteiger partial charge on any atom is 0.338 e. The first-order valence-corrected chi connectivity index (χ1v) is 8.81. The van der Waals surface area contributed by atoms with Gasteiger partial charge in [0.15, 0.2) is 6.61 Å². The number of sulfonamides is 1. The molecular formula is C15H22N2O6S. The van der Waals surface area contributed by atoms with E-state index in [1.165, 1.54) is 26.3 Å². The molecule has 1 aromatic rings. The van der Waals surface area contributed by atoms with E-state index in [-0.39, 0.29) is 22.3 Å².